The summed E-state index contributed by atoms with van der Waals surface area (Å²) < 4.78 is 12.1. The number of aromatic nitrogens is 1. The summed E-state index contributed by atoms with van der Waals surface area (Å²) in [4.78, 5) is 29.9. The summed E-state index contributed by atoms with van der Waals surface area (Å²) in [7, 11) is 0. The quantitative estimate of drug-likeness (QED) is 0.797. The van der Waals surface area contributed by atoms with Gasteiger partial charge in [0.25, 0.3) is 5.91 Å². The Bertz CT molecular complexity index is 994. The number of carbonyl (C=O) groups excluding carboxylic acids is 2. The molecular formula is C22H23N3O4. The van der Waals surface area contributed by atoms with Crippen molar-refractivity contribution in [3.05, 3.63) is 47.7 Å². The molecule has 2 aliphatic heterocycles. The summed E-state index contributed by atoms with van der Waals surface area (Å²) in [6.07, 6.45) is 5.96. The maximum Gasteiger partial charge on any atom is 0.329 e. The fourth-order valence-electron chi connectivity index (χ4n) is 4.49. The summed E-state index contributed by atoms with van der Waals surface area (Å²) in [5, 5.41) is 2.66. The van der Waals surface area contributed by atoms with Gasteiger partial charge >= 0.3 is 6.03 Å². The number of nitrogens with one attached hydrogen (secondary N) is 1. The molecule has 1 aromatic heterocycles. The lowest BCUT2D eigenvalue weighted by atomic mass is 9.91. The number of carbonyl (C=O) groups is 2. The lowest BCUT2D eigenvalue weighted by molar-refractivity contribution is -0.121. The molecule has 1 aromatic carbocycles. The molecule has 0 bridgehead atoms. The highest BCUT2D eigenvalue weighted by Crippen LogP contribution is 2.49. The highest BCUT2D eigenvalue weighted by Gasteiger charge is 2.45. The number of pyridine rings is 1. The zero-order valence-electron chi connectivity index (χ0n) is 16.5. The number of imide groups is 1. The molecule has 150 valence electrons. The number of rotatable bonds is 3. The minimum absolute atomic E-state index is 0.151. The van der Waals surface area contributed by atoms with Gasteiger partial charge in [0.1, 0.15) is 11.3 Å². The fourth-order valence-corrected chi connectivity index (χ4v) is 4.49. The number of fused-ring (bicyclic) bond motifs is 2. The van der Waals surface area contributed by atoms with Gasteiger partial charge in [-0.1, -0.05) is 18.9 Å². The second-order valence-corrected chi connectivity index (χ2v) is 8.46. The average Bonchev–Trinajstić information content (AvgIpc) is 3.36. The van der Waals surface area contributed by atoms with Crippen LogP contribution in [0.1, 0.15) is 50.7 Å². The van der Waals surface area contributed by atoms with Crippen LogP contribution in [0.4, 0.5) is 10.5 Å². The summed E-state index contributed by atoms with van der Waals surface area (Å²) in [5.74, 6) is 0.801. The number of nitrogens with zero attached hydrogens (tertiary/aromatic N) is 2. The van der Waals surface area contributed by atoms with Gasteiger partial charge in [0.2, 0.25) is 5.88 Å². The van der Waals surface area contributed by atoms with Crippen LogP contribution in [0.15, 0.2) is 36.5 Å². The van der Waals surface area contributed by atoms with E-state index < -0.39 is 11.6 Å². The van der Waals surface area contributed by atoms with Gasteiger partial charge in [0.15, 0.2) is 0 Å². The Morgan fingerprint density at radius 2 is 1.93 bits per heavy atom. The lowest BCUT2D eigenvalue weighted by Gasteiger charge is -2.23. The van der Waals surface area contributed by atoms with Crippen molar-refractivity contribution >= 4 is 17.6 Å². The van der Waals surface area contributed by atoms with Gasteiger partial charge in [0, 0.05) is 6.07 Å². The molecule has 29 heavy (non-hydrogen) atoms. The van der Waals surface area contributed by atoms with Crippen LogP contribution < -0.4 is 15.0 Å². The summed E-state index contributed by atoms with van der Waals surface area (Å²) in [5.41, 5.74) is 1.80. The van der Waals surface area contributed by atoms with Crippen LogP contribution >= 0.6 is 0 Å². The molecule has 7 nitrogen and oxygen atoms in total. The number of benzene rings is 1. The standard InChI is InChI=1S/C22H23N3O4/c1-21(2)19(26)25(20(27)24-21)15-6-8-18(23-12-15)29-16-7-5-14-13-28-22(17(14)11-16)9-3-4-10-22/h5-8,11-12H,3-4,9-10,13H2,1-2H3,(H,24,27). The number of ether oxygens (including phenoxy) is 2. The molecule has 3 heterocycles. The summed E-state index contributed by atoms with van der Waals surface area (Å²) >= 11 is 0. The minimum atomic E-state index is -0.922. The Balaban J connectivity index is 1.36. The predicted octanol–water partition coefficient (Wildman–Crippen LogP) is 4.01. The third-order valence-electron chi connectivity index (χ3n) is 6.05. The highest BCUT2D eigenvalue weighted by molar-refractivity contribution is 6.22. The first-order chi connectivity index (χ1) is 13.9. The van der Waals surface area contributed by atoms with E-state index in [-0.39, 0.29) is 11.5 Å². The Hall–Kier alpha value is -2.93. The first-order valence-corrected chi connectivity index (χ1v) is 9.96. The van der Waals surface area contributed by atoms with Crippen molar-refractivity contribution in [2.24, 2.45) is 0 Å². The Morgan fingerprint density at radius 3 is 2.59 bits per heavy atom. The van der Waals surface area contributed by atoms with Crippen molar-refractivity contribution in [2.75, 3.05) is 4.90 Å². The van der Waals surface area contributed by atoms with Crippen LogP contribution in [0, 0.1) is 0 Å². The van der Waals surface area contributed by atoms with Crippen molar-refractivity contribution < 1.29 is 19.1 Å². The van der Waals surface area contributed by atoms with Gasteiger partial charge in [-0.05, 0) is 56.0 Å². The molecule has 1 spiro atoms. The van der Waals surface area contributed by atoms with Crippen LogP contribution in [0.2, 0.25) is 0 Å². The molecule has 1 saturated heterocycles. The van der Waals surface area contributed by atoms with Crippen molar-refractivity contribution in [2.45, 2.75) is 57.3 Å². The molecule has 0 atom stereocenters. The maximum absolute atomic E-state index is 12.4. The molecule has 2 aromatic rings. The van der Waals surface area contributed by atoms with Gasteiger partial charge in [-0.2, -0.15) is 0 Å². The highest BCUT2D eigenvalue weighted by atomic mass is 16.5. The van der Waals surface area contributed by atoms with Gasteiger partial charge < -0.3 is 14.8 Å². The van der Waals surface area contributed by atoms with Gasteiger partial charge in [-0.15, -0.1) is 0 Å². The first kappa shape index (κ1) is 18.1. The van der Waals surface area contributed by atoms with E-state index >= 15 is 0 Å². The van der Waals surface area contributed by atoms with Crippen LogP contribution in [-0.4, -0.2) is 22.5 Å². The first-order valence-electron chi connectivity index (χ1n) is 9.96. The van der Waals surface area contributed by atoms with Crippen molar-refractivity contribution in [1.29, 1.82) is 0 Å². The molecular weight excluding hydrogens is 370 g/mol. The third kappa shape index (κ3) is 2.88. The van der Waals surface area contributed by atoms with E-state index in [1.807, 2.05) is 6.07 Å². The normalized spacial score (nSPS) is 21.5. The van der Waals surface area contributed by atoms with E-state index in [0.29, 0.717) is 23.9 Å². The Morgan fingerprint density at radius 1 is 1.14 bits per heavy atom. The van der Waals surface area contributed by atoms with E-state index in [0.717, 1.165) is 17.7 Å². The number of hydrogen-bond acceptors (Lipinski definition) is 5. The SMILES string of the molecule is CC1(C)NC(=O)N(c2ccc(Oc3ccc4c(c3)C3(CCCC3)OC4)nc2)C1=O. The number of amides is 3. The van der Waals surface area contributed by atoms with E-state index in [9.17, 15) is 9.59 Å². The molecule has 2 fully saturated rings. The lowest BCUT2D eigenvalue weighted by Crippen LogP contribution is -2.40. The van der Waals surface area contributed by atoms with Crippen LogP contribution in [0.5, 0.6) is 11.6 Å². The number of hydrogen-bond donors (Lipinski definition) is 1. The van der Waals surface area contributed by atoms with E-state index in [1.165, 1.54) is 30.2 Å². The van der Waals surface area contributed by atoms with Gasteiger partial charge in [-0.25, -0.2) is 14.7 Å². The third-order valence-corrected chi connectivity index (χ3v) is 6.05. The summed E-state index contributed by atoms with van der Waals surface area (Å²) in [6.45, 7) is 4.00. The van der Waals surface area contributed by atoms with Crippen molar-refractivity contribution in [1.82, 2.24) is 10.3 Å². The topological polar surface area (TPSA) is 80.8 Å². The number of urea groups is 1. The molecule has 3 amide bonds. The monoisotopic (exact) mass is 393 g/mol. The zero-order valence-corrected chi connectivity index (χ0v) is 16.5. The molecule has 1 N–H and O–H groups in total. The Kier molecular flexibility index (Phi) is 3.93. The molecule has 1 saturated carbocycles. The maximum atomic E-state index is 12.4. The summed E-state index contributed by atoms with van der Waals surface area (Å²) in [6, 6.07) is 8.92. The predicted molar refractivity (Wildman–Crippen MR) is 106 cm³/mol. The van der Waals surface area contributed by atoms with E-state index in [2.05, 4.69) is 22.4 Å². The minimum Gasteiger partial charge on any atom is -0.439 e. The average molecular weight is 393 g/mol. The smallest absolute Gasteiger partial charge is 0.329 e. The Labute approximate surface area is 169 Å². The molecule has 1 aliphatic carbocycles. The molecule has 3 aliphatic rings. The van der Waals surface area contributed by atoms with Gasteiger partial charge in [0.05, 0.1) is 24.1 Å². The van der Waals surface area contributed by atoms with Crippen LogP contribution in [0.3, 0.4) is 0 Å². The molecule has 7 heteroatoms. The zero-order chi connectivity index (χ0) is 20.2. The molecule has 5 rings (SSSR count). The number of anilines is 1. The molecule has 0 radical (unpaired) electrons. The van der Waals surface area contributed by atoms with E-state index in [4.69, 9.17) is 9.47 Å². The van der Waals surface area contributed by atoms with Crippen molar-refractivity contribution in [3.63, 3.8) is 0 Å². The second kappa shape index (κ2) is 6.29. The fraction of sp³-hybridized carbons (Fsp3) is 0.409. The largest absolute Gasteiger partial charge is 0.439 e. The second-order valence-electron chi connectivity index (χ2n) is 8.46. The molecule has 0 unspecified atom stereocenters. The van der Waals surface area contributed by atoms with Gasteiger partial charge in [-0.3, -0.25) is 4.79 Å². The van der Waals surface area contributed by atoms with Crippen LogP contribution in [0.25, 0.3) is 0 Å². The van der Waals surface area contributed by atoms with E-state index in [1.54, 1.807) is 26.0 Å². The van der Waals surface area contributed by atoms with Crippen LogP contribution in [-0.2, 0) is 21.7 Å². The van der Waals surface area contributed by atoms with Crippen molar-refractivity contribution in [3.8, 4) is 11.6 Å².